The number of pyridine rings is 1. The molecular formula is C13H17F3N2. The number of hydrogen-bond acceptors (Lipinski definition) is 2. The quantitative estimate of drug-likeness (QED) is 0.869. The van der Waals surface area contributed by atoms with Crippen LogP contribution in [0.5, 0.6) is 0 Å². The van der Waals surface area contributed by atoms with Crippen molar-refractivity contribution < 1.29 is 13.2 Å². The van der Waals surface area contributed by atoms with Crippen LogP contribution in [0.2, 0.25) is 0 Å². The van der Waals surface area contributed by atoms with Crippen LogP contribution in [0.3, 0.4) is 0 Å². The first-order valence-electron chi connectivity index (χ1n) is 6.21. The van der Waals surface area contributed by atoms with Crippen LogP contribution < -0.4 is 5.32 Å². The minimum absolute atomic E-state index is 0.103. The normalized spacial score (nSPS) is 24.9. The van der Waals surface area contributed by atoms with Crippen molar-refractivity contribution in [1.82, 2.24) is 4.98 Å². The summed E-state index contributed by atoms with van der Waals surface area (Å²) in [5, 5.41) is 3.19. The van der Waals surface area contributed by atoms with Crippen LogP contribution >= 0.6 is 0 Å². The lowest BCUT2D eigenvalue weighted by Crippen LogP contribution is -2.34. The highest BCUT2D eigenvalue weighted by molar-refractivity contribution is 5.47. The Bertz CT molecular complexity index is 403. The van der Waals surface area contributed by atoms with E-state index in [1.165, 1.54) is 0 Å². The van der Waals surface area contributed by atoms with Crippen molar-refractivity contribution in [2.45, 2.75) is 44.8 Å². The lowest BCUT2D eigenvalue weighted by Gasteiger charge is -2.31. The SMILES string of the molecule is Cc1ncccc1NC1CCCC(C(F)(F)F)C1. The monoisotopic (exact) mass is 258 g/mol. The van der Waals surface area contributed by atoms with E-state index in [1.807, 2.05) is 13.0 Å². The van der Waals surface area contributed by atoms with Gasteiger partial charge in [-0.1, -0.05) is 6.42 Å². The summed E-state index contributed by atoms with van der Waals surface area (Å²) in [6.07, 6.45) is -0.544. The van der Waals surface area contributed by atoms with Gasteiger partial charge in [-0.25, -0.2) is 0 Å². The van der Waals surface area contributed by atoms with Crippen LogP contribution in [0.15, 0.2) is 18.3 Å². The van der Waals surface area contributed by atoms with Crippen LogP contribution in [0.25, 0.3) is 0 Å². The molecule has 100 valence electrons. The molecule has 2 unspecified atom stereocenters. The van der Waals surface area contributed by atoms with Gasteiger partial charge in [0, 0.05) is 12.2 Å². The van der Waals surface area contributed by atoms with E-state index >= 15 is 0 Å². The molecule has 0 radical (unpaired) electrons. The van der Waals surface area contributed by atoms with Crippen LogP contribution in [-0.2, 0) is 0 Å². The number of alkyl halides is 3. The Labute approximate surface area is 105 Å². The Hall–Kier alpha value is -1.26. The lowest BCUT2D eigenvalue weighted by molar-refractivity contribution is -0.182. The first-order valence-corrected chi connectivity index (χ1v) is 6.21. The zero-order valence-corrected chi connectivity index (χ0v) is 10.3. The van der Waals surface area contributed by atoms with Gasteiger partial charge >= 0.3 is 6.18 Å². The minimum atomic E-state index is -4.07. The molecule has 2 atom stereocenters. The largest absolute Gasteiger partial charge is 0.391 e. The van der Waals surface area contributed by atoms with Gasteiger partial charge in [0.2, 0.25) is 0 Å². The second-order valence-electron chi connectivity index (χ2n) is 4.88. The second-order valence-corrected chi connectivity index (χ2v) is 4.88. The third-order valence-electron chi connectivity index (χ3n) is 3.50. The van der Waals surface area contributed by atoms with E-state index in [4.69, 9.17) is 0 Å². The Morgan fingerprint density at radius 3 is 2.78 bits per heavy atom. The molecule has 0 saturated heterocycles. The van der Waals surface area contributed by atoms with Crippen LogP contribution in [-0.4, -0.2) is 17.2 Å². The molecule has 1 saturated carbocycles. The van der Waals surface area contributed by atoms with Crippen molar-refractivity contribution in [3.05, 3.63) is 24.0 Å². The number of anilines is 1. The van der Waals surface area contributed by atoms with Crippen LogP contribution in [0, 0.1) is 12.8 Å². The van der Waals surface area contributed by atoms with Crippen molar-refractivity contribution in [2.75, 3.05) is 5.32 Å². The molecule has 1 aliphatic carbocycles. The molecule has 0 aliphatic heterocycles. The minimum Gasteiger partial charge on any atom is -0.381 e. The van der Waals surface area contributed by atoms with Crippen molar-refractivity contribution in [2.24, 2.45) is 5.92 Å². The third kappa shape index (κ3) is 3.15. The summed E-state index contributed by atoms with van der Waals surface area (Å²) in [5.74, 6) is -1.17. The second kappa shape index (κ2) is 5.16. The van der Waals surface area contributed by atoms with Gasteiger partial charge in [-0.15, -0.1) is 0 Å². The topological polar surface area (TPSA) is 24.9 Å². The highest BCUT2D eigenvalue weighted by Crippen LogP contribution is 2.38. The molecule has 0 amide bonds. The third-order valence-corrected chi connectivity index (χ3v) is 3.50. The van der Waals surface area contributed by atoms with Gasteiger partial charge in [-0.2, -0.15) is 13.2 Å². The Morgan fingerprint density at radius 1 is 1.33 bits per heavy atom. The number of aromatic nitrogens is 1. The summed E-state index contributed by atoms with van der Waals surface area (Å²) in [7, 11) is 0. The lowest BCUT2D eigenvalue weighted by atomic mass is 9.85. The maximum Gasteiger partial charge on any atom is 0.391 e. The number of nitrogens with zero attached hydrogens (tertiary/aromatic N) is 1. The van der Waals surface area contributed by atoms with Crippen LogP contribution in [0.4, 0.5) is 18.9 Å². The van der Waals surface area contributed by atoms with Gasteiger partial charge < -0.3 is 5.32 Å². The summed E-state index contributed by atoms with van der Waals surface area (Å²) in [6.45, 7) is 1.85. The highest BCUT2D eigenvalue weighted by Gasteiger charge is 2.42. The molecule has 1 heterocycles. The number of halogens is 3. The van der Waals surface area contributed by atoms with E-state index in [0.717, 1.165) is 17.8 Å². The Morgan fingerprint density at radius 2 is 2.11 bits per heavy atom. The van der Waals surface area contributed by atoms with Gasteiger partial charge in [0.15, 0.2) is 0 Å². The van der Waals surface area contributed by atoms with Crippen molar-refractivity contribution in [1.29, 1.82) is 0 Å². The number of rotatable bonds is 2. The summed E-state index contributed by atoms with van der Waals surface area (Å²) < 4.78 is 38.1. The molecule has 1 N–H and O–H groups in total. The van der Waals surface area contributed by atoms with E-state index < -0.39 is 12.1 Å². The van der Waals surface area contributed by atoms with E-state index in [-0.39, 0.29) is 18.9 Å². The van der Waals surface area contributed by atoms with Crippen molar-refractivity contribution >= 4 is 5.69 Å². The molecule has 5 heteroatoms. The molecule has 1 fully saturated rings. The molecule has 1 aromatic rings. The molecule has 1 aromatic heterocycles. The molecule has 2 nitrogen and oxygen atoms in total. The average Bonchev–Trinajstić information content (AvgIpc) is 2.31. The summed E-state index contributed by atoms with van der Waals surface area (Å²) in [6, 6.07) is 3.55. The average molecular weight is 258 g/mol. The van der Waals surface area contributed by atoms with Gasteiger partial charge in [0.25, 0.3) is 0 Å². The number of aryl methyl sites for hydroxylation is 1. The summed E-state index contributed by atoms with van der Waals surface area (Å²) >= 11 is 0. The predicted molar refractivity (Wildman–Crippen MR) is 64.4 cm³/mol. The zero-order valence-electron chi connectivity index (χ0n) is 10.3. The summed E-state index contributed by atoms with van der Waals surface area (Å²) in [4.78, 5) is 4.13. The molecule has 0 aromatic carbocycles. The van der Waals surface area contributed by atoms with Crippen LogP contribution in [0.1, 0.15) is 31.4 Å². The first kappa shape index (κ1) is 13.2. The molecular weight excluding hydrogens is 241 g/mol. The van der Waals surface area contributed by atoms with Gasteiger partial charge in [-0.05, 0) is 38.3 Å². The molecule has 18 heavy (non-hydrogen) atoms. The Kier molecular flexibility index (Phi) is 3.78. The van der Waals surface area contributed by atoms with E-state index in [2.05, 4.69) is 10.3 Å². The fourth-order valence-corrected chi connectivity index (χ4v) is 2.47. The maximum atomic E-state index is 12.7. The standard InChI is InChI=1S/C13H17F3N2/c1-9-12(6-3-7-17-9)18-11-5-2-4-10(8-11)13(14,15)16/h3,6-7,10-11,18H,2,4-5,8H2,1H3. The zero-order chi connectivity index (χ0) is 13.2. The fraction of sp³-hybridized carbons (Fsp3) is 0.615. The summed E-state index contributed by atoms with van der Waals surface area (Å²) in [5.41, 5.74) is 1.66. The number of hydrogen-bond donors (Lipinski definition) is 1. The smallest absolute Gasteiger partial charge is 0.381 e. The number of nitrogens with one attached hydrogen (secondary N) is 1. The van der Waals surface area contributed by atoms with Gasteiger partial charge in [-0.3, -0.25) is 4.98 Å². The Balaban J connectivity index is 2.00. The van der Waals surface area contributed by atoms with E-state index in [0.29, 0.717) is 6.42 Å². The molecule has 1 aliphatic rings. The van der Waals surface area contributed by atoms with Crippen molar-refractivity contribution in [3.8, 4) is 0 Å². The fourth-order valence-electron chi connectivity index (χ4n) is 2.47. The molecule has 2 rings (SSSR count). The van der Waals surface area contributed by atoms with Gasteiger partial charge in [0.1, 0.15) is 0 Å². The van der Waals surface area contributed by atoms with E-state index in [9.17, 15) is 13.2 Å². The highest BCUT2D eigenvalue weighted by atomic mass is 19.4. The molecule has 0 spiro atoms. The molecule has 0 bridgehead atoms. The van der Waals surface area contributed by atoms with E-state index in [1.54, 1.807) is 12.3 Å². The predicted octanol–water partition coefficient (Wildman–Crippen LogP) is 3.92. The van der Waals surface area contributed by atoms with Gasteiger partial charge in [0.05, 0.1) is 17.3 Å². The first-order chi connectivity index (χ1) is 8.47. The maximum absolute atomic E-state index is 12.7. The van der Waals surface area contributed by atoms with Crippen molar-refractivity contribution in [3.63, 3.8) is 0 Å².